The van der Waals surface area contributed by atoms with Crippen molar-refractivity contribution in [3.05, 3.63) is 53.5 Å². The van der Waals surface area contributed by atoms with Gasteiger partial charge in [-0.15, -0.1) is 0 Å². The van der Waals surface area contributed by atoms with Crippen LogP contribution in [0.15, 0.2) is 30.5 Å². The van der Waals surface area contributed by atoms with Crippen LogP contribution < -0.4 is 10.6 Å². The molecule has 3 rings (SSSR count). The van der Waals surface area contributed by atoms with Gasteiger partial charge >= 0.3 is 0 Å². The molecule has 0 spiro atoms. The van der Waals surface area contributed by atoms with E-state index in [2.05, 4.69) is 15.6 Å². The highest BCUT2D eigenvalue weighted by molar-refractivity contribution is 6.05. The van der Waals surface area contributed by atoms with Gasteiger partial charge in [-0.25, -0.2) is 18.2 Å². The van der Waals surface area contributed by atoms with Crippen LogP contribution in [0, 0.1) is 23.4 Å². The number of nitrogens with zero attached hydrogens (tertiary/aromatic N) is 1. The van der Waals surface area contributed by atoms with Crippen LogP contribution >= 0.6 is 0 Å². The molecule has 8 heteroatoms. The zero-order valence-electron chi connectivity index (χ0n) is 12.3. The molecule has 2 amide bonds. The standard InChI is InChI=1S/C16H12F3N3O2/c17-9-5-11(18)14(12(19)6-9)16(24)21-10-3-4-20-13(7-10)22-15(23)8-1-2-8/h3-8H,1-2H2,(H2,20,21,22,23,24). The summed E-state index contributed by atoms with van der Waals surface area (Å²) in [4.78, 5) is 27.6. The lowest BCUT2D eigenvalue weighted by atomic mass is 10.1. The van der Waals surface area contributed by atoms with Gasteiger partial charge in [-0.1, -0.05) is 0 Å². The van der Waals surface area contributed by atoms with E-state index in [1.165, 1.54) is 18.3 Å². The van der Waals surface area contributed by atoms with Gasteiger partial charge in [0.1, 0.15) is 28.8 Å². The molecule has 24 heavy (non-hydrogen) atoms. The van der Waals surface area contributed by atoms with Gasteiger partial charge in [0.2, 0.25) is 5.91 Å². The van der Waals surface area contributed by atoms with Crippen molar-refractivity contribution in [2.75, 3.05) is 10.6 Å². The number of anilines is 2. The van der Waals surface area contributed by atoms with E-state index in [0.29, 0.717) is 12.1 Å². The highest BCUT2D eigenvalue weighted by Crippen LogP contribution is 2.30. The third kappa shape index (κ3) is 3.53. The van der Waals surface area contributed by atoms with Crippen molar-refractivity contribution < 1.29 is 22.8 Å². The number of carbonyl (C=O) groups excluding carboxylic acids is 2. The molecule has 124 valence electrons. The van der Waals surface area contributed by atoms with Gasteiger partial charge in [0.15, 0.2) is 0 Å². The van der Waals surface area contributed by atoms with Crippen molar-refractivity contribution in [1.82, 2.24) is 4.98 Å². The molecule has 1 saturated carbocycles. The van der Waals surface area contributed by atoms with Crippen molar-refractivity contribution in [1.29, 1.82) is 0 Å². The fourth-order valence-electron chi connectivity index (χ4n) is 2.10. The maximum absolute atomic E-state index is 13.6. The van der Waals surface area contributed by atoms with Crippen molar-refractivity contribution in [3.63, 3.8) is 0 Å². The number of hydrogen-bond donors (Lipinski definition) is 2. The zero-order valence-corrected chi connectivity index (χ0v) is 12.3. The minimum absolute atomic E-state index is 0.0209. The Balaban J connectivity index is 1.76. The molecule has 1 aromatic carbocycles. The van der Waals surface area contributed by atoms with Crippen LogP contribution in [0.25, 0.3) is 0 Å². The van der Waals surface area contributed by atoms with Gasteiger partial charge in [-0.2, -0.15) is 0 Å². The summed E-state index contributed by atoms with van der Waals surface area (Å²) in [6.45, 7) is 0. The van der Waals surface area contributed by atoms with E-state index in [4.69, 9.17) is 0 Å². The Bertz CT molecular complexity index is 799. The fourth-order valence-corrected chi connectivity index (χ4v) is 2.10. The summed E-state index contributed by atoms with van der Waals surface area (Å²) in [6, 6.07) is 3.60. The minimum atomic E-state index is -1.30. The summed E-state index contributed by atoms with van der Waals surface area (Å²) in [5.41, 5.74) is -0.707. The Labute approximate surface area is 134 Å². The van der Waals surface area contributed by atoms with E-state index < -0.39 is 28.9 Å². The number of carbonyl (C=O) groups is 2. The number of rotatable bonds is 4. The molecular weight excluding hydrogens is 323 g/mol. The molecule has 0 aliphatic heterocycles. The van der Waals surface area contributed by atoms with Gasteiger partial charge in [-0.05, 0) is 18.9 Å². The lowest BCUT2D eigenvalue weighted by molar-refractivity contribution is -0.117. The first kappa shape index (κ1) is 16.0. The zero-order chi connectivity index (χ0) is 17.3. The molecule has 0 saturated heterocycles. The maximum Gasteiger partial charge on any atom is 0.261 e. The Morgan fingerprint density at radius 3 is 2.33 bits per heavy atom. The summed E-state index contributed by atoms with van der Waals surface area (Å²) in [5, 5.41) is 4.87. The predicted octanol–water partition coefficient (Wildman–Crippen LogP) is 3.10. The van der Waals surface area contributed by atoms with Gasteiger partial charge < -0.3 is 10.6 Å². The molecule has 2 N–H and O–H groups in total. The summed E-state index contributed by atoms with van der Waals surface area (Å²) < 4.78 is 40.1. The third-order valence-corrected chi connectivity index (χ3v) is 3.45. The smallest absolute Gasteiger partial charge is 0.261 e. The number of nitrogens with one attached hydrogen (secondary N) is 2. The Morgan fingerprint density at radius 1 is 1.04 bits per heavy atom. The molecule has 1 aliphatic rings. The lowest BCUT2D eigenvalue weighted by Gasteiger charge is -2.09. The van der Waals surface area contributed by atoms with Crippen LogP contribution in [-0.4, -0.2) is 16.8 Å². The van der Waals surface area contributed by atoms with Crippen molar-refractivity contribution in [2.24, 2.45) is 5.92 Å². The highest BCUT2D eigenvalue weighted by atomic mass is 19.1. The summed E-state index contributed by atoms with van der Waals surface area (Å²) in [5.74, 6) is -4.77. The lowest BCUT2D eigenvalue weighted by Crippen LogP contribution is -2.17. The van der Waals surface area contributed by atoms with E-state index in [9.17, 15) is 22.8 Å². The number of pyridine rings is 1. The van der Waals surface area contributed by atoms with Crippen molar-refractivity contribution >= 4 is 23.3 Å². The van der Waals surface area contributed by atoms with Crippen molar-refractivity contribution in [2.45, 2.75) is 12.8 Å². The predicted molar refractivity (Wildman–Crippen MR) is 79.9 cm³/mol. The van der Waals surface area contributed by atoms with E-state index in [-0.39, 0.29) is 23.3 Å². The molecular formula is C16H12F3N3O2. The van der Waals surface area contributed by atoms with Gasteiger partial charge in [0.05, 0.1) is 0 Å². The average molecular weight is 335 g/mol. The molecule has 2 aromatic rings. The molecule has 1 aliphatic carbocycles. The van der Waals surface area contributed by atoms with Crippen LogP contribution in [0.2, 0.25) is 0 Å². The number of amides is 2. The normalized spacial score (nSPS) is 13.5. The van der Waals surface area contributed by atoms with E-state index in [1.807, 2.05) is 0 Å². The first-order valence-corrected chi connectivity index (χ1v) is 7.17. The van der Waals surface area contributed by atoms with Crippen LogP contribution in [0.5, 0.6) is 0 Å². The second kappa shape index (κ2) is 6.31. The fraction of sp³-hybridized carbons (Fsp3) is 0.188. The molecule has 1 fully saturated rings. The molecule has 0 radical (unpaired) electrons. The van der Waals surface area contributed by atoms with Crippen LogP contribution in [0.1, 0.15) is 23.2 Å². The highest BCUT2D eigenvalue weighted by Gasteiger charge is 2.29. The maximum atomic E-state index is 13.6. The number of aromatic nitrogens is 1. The third-order valence-electron chi connectivity index (χ3n) is 3.45. The summed E-state index contributed by atoms with van der Waals surface area (Å²) >= 11 is 0. The van der Waals surface area contributed by atoms with E-state index in [1.54, 1.807) is 0 Å². The van der Waals surface area contributed by atoms with Crippen LogP contribution in [0.4, 0.5) is 24.7 Å². The molecule has 0 unspecified atom stereocenters. The summed E-state index contributed by atoms with van der Waals surface area (Å²) in [6.07, 6.45) is 2.98. The first-order valence-electron chi connectivity index (χ1n) is 7.17. The second-order valence-electron chi connectivity index (χ2n) is 5.39. The SMILES string of the molecule is O=C(Nc1ccnc(NC(=O)C2CC2)c1)c1c(F)cc(F)cc1F. The van der Waals surface area contributed by atoms with Crippen LogP contribution in [-0.2, 0) is 4.79 Å². The second-order valence-corrected chi connectivity index (χ2v) is 5.39. The molecule has 5 nitrogen and oxygen atoms in total. The number of hydrogen-bond acceptors (Lipinski definition) is 3. The van der Waals surface area contributed by atoms with Gasteiger partial charge in [0, 0.05) is 36.0 Å². The average Bonchev–Trinajstić information content (AvgIpc) is 3.30. The molecule has 0 bridgehead atoms. The largest absolute Gasteiger partial charge is 0.322 e. The van der Waals surface area contributed by atoms with E-state index in [0.717, 1.165) is 12.8 Å². The Hall–Kier alpha value is -2.90. The van der Waals surface area contributed by atoms with Gasteiger partial charge in [0.25, 0.3) is 5.91 Å². The quantitative estimate of drug-likeness (QED) is 0.902. The summed E-state index contributed by atoms with van der Waals surface area (Å²) in [7, 11) is 0. The number of benzene rings is 1. The molecule has 0 atom stereocenters. The van der Waals surface area contributed by atoms with E-state index >= 15 is 0 Å². The molecule has 1 heterocycles. The monoisotopic (exact) mass is 335 g/mol. The Kier molecular flexibility index (Phi) is 4.20. The van der Waals surface area contributed by atoms with Gasteiger partial charge in [-0.3, -0.25) is 9.59 Å². The van der Waals surface area contributed by atoms with Crippen molar-refractivity contribution in [3.8, 4) is 0 Å². The Morgan fingerprint density at radius 2 is 1.71 bits per heavy atom. The topological polar surface area (TPSA) is 71.1 Å². The molecule has 1 aromatic heterocycles. The number of halogens is 3. The van der Waals surface area contributed by atoms with Crippen LogP contribution in [0.3, 0.4) is 0 Å². The first-order chi connectivity index (χ1) is 11.4. The minimum Gasteiger partial charge on any atom is -0.322 e.